The number of para-hydroxylation sites is 1. The first-order valence-electron chi connectivity index (χ1n) is 10.7. The Labute approximate surface area is 267 Å². The number of amidine groups is 1. The second-order valence-corrected chi connectivity index (χ2v) is 12.8. The number of hydrogen-bond donors (Lipinski definition) is 0. The molecule has 1 fully saturated rings. The summed E-state index contributed by atoms with van der Waals surface area (Å²) in [6, 6.07) is 9.00. The lowest BCUT2D eigenvalue weighted by molar-refractivity contribution is -0.119. The summed E-state index contributed by atoms with van der Waals surface area (Å²) in [5.74, 6) is -4.55. The molecule has 0 radical (unpaired) electrons. The number of urea groups is 1. The summed E-state index contributed by atoms with van der Waals surface area (Å²) in [5.41, 5.74) is -1.13. The normalized spacial score (nSPS) is 15.8. The number of amides is 3. The number of anilines is 3. The van der Waals surface area contributed by atoms with Crippen molar-refractivity contribution in [1.82, 2.24) is 4.90 Å². The van der Waals surface area contributed by atoms with Crippen LogP contribution in [-0.2, 0) is 4.79 Å². The minimum atomic E-state index is -2.52. The Bertz CT molecular complexity index is 1520. The van der Waals surface area contributed by atoms with Gasteiger partial charge >= 0.3 is 6.03 Å². The summed E-state index contributed by atoms with van der Waals surface area (Å²) in [6.45, 7) is 0. The highest BCUT2D eigenvalue weighted by molar-refractivity contribution is 9.10. The third kappa shape index (κ3) is 5.66. The molecule has 3 aromatic carbocycles. The van der Waals surface area contributed by atoms with E-state index < -0.39 is 56.6 Å². The molecule has 0 saturated carbocycles. The van der Waals surface area contributed by atoms with E-state index in [-0.39, 0.29) is 24.7 Å². The Balaban J connectivity index is 2.05. The molecule has 3 amide bonds. The van der Waals surface area contributed by atoms with Gasteiger partial charge in [0.2, 0.25) is 9.63 Å². The number of halogens is 10. The number of likely N-dealkylation sites (N-methyl/N-ethyl adjacent to an activating group) is 1. The Morgan fingerprint density at radius 3 is 1.85 bits per heavy atom. The molecular weight excluding hydrogens is 770 g/mol. The van der Waals surface area contributed by atoms with Gasteiger partial charge in [-0.05, 0) is 68.3 Å². The molecule has 1 heterocycles. The number of hydrogen-bond acceptors (Lipinski definition) is 4. The van der Waals surface area contributed by atoms with E-state index >= 15 is 8.78 Å². The molecule has 1 atom stereocenters. The van der Waals surface area contributed by atoms with Crippen molar-refractivity contribution in [3.8, 4) is 0 Å². The van der Waals surface area contributed by atoms with E-state index in [2.05, 4.69) is 36.9 Å². The molecule has 210 valence electrons. The molecule has 16 heteroatoms. The number of carbonyl (C=O) groups excluding carboxylic acids is 2. The van der Waals surface area contributed by atoms with Crippen LogP contribution in [0.4, 0.5) is 35.0 Å². The van der Waals surface area contributed by atoms with Gasteiger partial charge in [0.05, 0.1) is 36.1 Å². The number of imide groups is 1. The largest absolute Gasteiger partial charge is 0.337 e. The maximum Gasteiger partial charge on any atom is 0.337 e. The smallest absolute Gasteiger partial charge is 0.309 e. The molecule has 4 rings (SSSR count). The van der Waals surface area contributed by atoms with Crippen molar-refractivity contribution >= 4 is 125 Å². The quantitative estimate of drug-likeness (QED) is 0.147. The van der Waals surface area contributed by atoms with Gasteiger partial charge in [-0.15, -0.1) is 0 Å². The van der Waals surface area contributed by atoms with Crippen LogP contribution in [-0.4, -0.2) is 39.7 Å². The number of alkyl halides is 3. The first-order valence-corrected chi connectivity index (χ1v) is 14.2. The van der Waals surface area contributed by atoms with E-state index in [0.29, 0.717) is 9.80 Å². The van der Waals surface area contributed by atoms with E-state index in [1.807, 2.05) is 0 Å². The van der Waals surface area contributed by atoms with Crippen molar-refractivity contribution in [3.05, 3.63) is 85.0 Å². The van der Waals surface area contributed by atoms with E-state index in [1.54, 1.807) is 0 Å². The van der Waals surface area contributed by atoms with Gasteiger partial charge < -0.3 is 4.90 Å². The van der Waals surface area contributed by atoms with E-state index in [1.165, 1.54) is 30.3 Å². The first-order chi connectivity index (χ1) is 18.7. The minimum absolute atomic E-state index is 0.0281. The maximum atomic E-state index is 15.7. The molecular formula is C24H12Br2Cl5F3N4O2. The second-order valence-electron chi connectivity index (χ2n) is 8.06. The van der Waals surface area contributed by atoms with Gasteiger partial charge in [0.1, 0.15) is 5.82 Å². The Kier molecular flexibility index (Phi) is 9.26. The van der Waals surface area contributed by atoms with Crippen molar-refractivity contribution in [2.24, 2.45) is 4.99 Å². The molecule has 0 aromatic heterocycles. The van der Waals surface area contributed by atoms with Gasteiger partial charge in [-0.3, -0.25) is 9.69 Å². The van der Waals surface area contributed by atoms with Crippen molar-refractivity contribution in [3.63, 3.8) is 0 Å². The molecule has 1 aliphatic rings. The number of rotatable bonds is 5. The van der Waals surface area contributed by atoms with Crippen LogP contribution in [0.2, 0.25) is 10.0 Å². The van der Waals surface area contributed by atoms with Gasteiger partial charge in [0.25, 0.3) is 5.91 Å². The Hall–Kier alpha value is -1.73. The summed E-state index contributed by atoms with van der Waals surface area (Å²) >= 11 is 37.1. The monoisotopic (exact) mass is 778 g/mol. The number of benzene rings is 3. The van der Waals surface area contributed by atoms with E-state index in [0.717, 1.165) is 30.1 Å². The van der Waals surface area contributed by atoms with Crippen molar-refractivity contribution in [2.75, 3.05) is 16.8 Å². The Morgan fingerprint density at radius 2 is 1.38 bits per heavy atom. The average Bonchev–Trinajstić information content (AvgIpc) is 3.10. The van der Waals surface area contributed by atoms with E-state index in [9.17, 15) is 14.0 Å². The second kappa shape index (κ2) is 11.9. The van der Waals surface area contributed by atoms with Crippen LogP contribution in [0.25, 0.3) is 0 Å². The third-order valence-corrected chi connectivity index (χ3v) is 8.83. The zero-order chi connectivity index (χ0) is 29.7. The third-order valence-electron chi connectivity index (χ3n) is 5.61. The van der Waals surface area contributed by atoms with Crippen LogP contribution in [0, 0.1) is 17.5 Å². The zero-order valence-corrected chi connectivity index (χ0v) is 26.5. The van der Waals surface area contributed by atoms with Crippen molar-refractivity contribution in [1.29, 1.82) is 0 Å². The first kappa shape index (κ1) is 31.2. The van der Waals surface area contributed by atoms with Crippen LogP contribution in [0.3, 0.4) is 0 Å². The summed E-state index contributed by atoms with van der Waals surface area (Å²) in [4.78, 5) is 32.6. The maximum absolute atomic E-state index is 15.7. The highest BCUT2D eigenvalue weighted by atomic mass is 79.9. The van der Waals surface area contributed by atoms with Crippen molar-refractivity contribution < 1.29 is 22.8 Å². The predicted octanol–water partition coefficient (Wildman–Crippen LogP) is 9.27. The average molecular weight is 782 g/mol. The van der Waals surface area contributed by atoms with Crippen LogP contribution >= 0.6 is 89.9 Å². The van der Waals surface area contributed by atoms with Crippen LogP contribution in [0.1, 0.15) is 0 Å². The fourth-order valence-electron chi connectivity index (χ4n) is 3.73. The predicted molar refractivity (Wildman–Crippen MR) is 159 cm³/mol. The van der Waals surface area contributed by atoms with Crippen LogP contribution in [0.5, 0.6) is 0 Å². The summed E-state index contributed by atoms with van der Waals surface area (Å²) < 4.78 is 43.2. The zero-order valence-electron chi connectivity index (χ0n) is 19.6. The standard InChI is InChI=1S/C24H12Br2Cl5F3N4O2/c1-36-21(39)20(38(23(36)40)13-5-3-2-4-12(13)32)35-22(24(29,30)31)37(14-8-6-10(27)16(25)18(14)33)15-9-7-11(28)17(26)19(15)34/h2-9,22H,1H3/b35-20+. The molecule has 6 nitrogen and oxygen atoms in total. The van der Waals surface area contributed by atoms with Crippen LogP contribution in [0.15, 0.2) is 62.5 Å². The molecule has 1 saturated heterocycles. The van der Waals surface area contributed by atoms with E-state index in [4.69, 9.17) is 58.0 Å². The molecule has 0 spiro atoms. The lowest BCUT2D eigenvalue weighted by Crippen LogP contribution is -2.44. The lowest BCUT2D eigenvalue weighted by atomic mass is 10.2. The van der Waals surface area contributed by atoms with Gasteiger partial charge in [-0.25, -0.2) is 27.9 Å². The molecule has 0 N–H and O–H groups in total. The number of aliphatic imine (C=N–C) groups is 1. The highest BCUT2D eigenvalue weighted by Gasteiger charge is 2.47. The van der Waals surface area contributed by atoms with Gasteiger partial charge in [-0.2, -0.15) is 0 Å². The Morgan fingerprint density at radius 1 is 0.875 bits per heavy atom. The van der Waals surface area contributed by atoms with Crippen LogP contribution < -0.4 is 9.80 Å². The molecule has 1 aliphatic heterocycles. The summed E-state index contributed by atoms with van der Waals surface area (Å²) in [5, 5.41) is -0.0562. The highest BCUT2D eigenvalue weighted by Crippen LogP contribution is 2.46. The fourth-order valence-corrected chi connectivity index (χ4v) is 5.13. The summed E-state index contributed by atoms with van der Waals surface area (Å²) in [7, 11) is 1.13. The fraction of sp³-hybridized carbons (Fsp3) is 0.125. The lowest BCUT2D eigenvalue weighted by Gasteiger charge is -2.36. The number of nitrogens with zero attached hydrogens (tertiary/aromatic N) is 4. The molecule has 1 unspecified atom stereocenters. The molecule has 40 heavy (non-hydrogen) atoms. The van der Waals surface area contributed by atoms with Gasteiger partial charge in [-0.1, -0.05) is 70.1 Å². The molecule has 0 aliphatic carbocycles. The topological polar surface area (TPSA) is 56.2 Å². The molecule has 3 aromatic rings. The summed E-state index contributed by atoms with van der Waals surface area (Å²) in [6.07, 6.45) is -1.94. The van der Waals surface area contributed by atoms with Gasteiger partial charge in [0.15, 0.2) is 17.8 Å². The van der Waals surface area contributed by atoms with Crippen molar-refractivity contribution in [2.45, 2.75) is 9.96 Å². The SMILES string of the molecule is CN1C(=O)/C(=N\C(N(c2ccc(Cl)c(Br)c2F)c2ccc(Cl)c(Br)c2F)C(Cl)(Cl)Cl)N(c2ccccc2F)C1=O. The van der Waals surface area contributed by atoms with Gasteiger partial charge in [0, 0.05) is 7.05 Å². The number of carbonyl (C=O) groups is 2. The molecule has 0 bridgehead atoms. The minimum Gasteiger partial charge on any atom is -0.309 e.